The lowest BCUT2D eigenvalue weighted by atomic mass is 10.1. The molecule has 0 bridgehead atoms. The van der Waals surface area contributed by atoms with E-state index in [0.717, 1.165) is 32.5 Å². The van der Waals surface area contributed by atoms with E-state index >= 15 is 0 Å². The predicted molar refractivity (Wildman–Crippen MR) is 102 cm³/mol. The quantitative estimate of drug-likeness (QED) is 0.561. The second-order valence-electron chi connectivity index (χ2n) is 7.26. The Morgan fingerprint density at radius 2 is 1.92 bits per heavy atom. The maximum Gasteiger partial charge on any atom is 0.249 e. The van der Waals surface area contributed by atoms with E-state index in [9.17, 15) is 4.79 Å². The summed E-state index contributed by atoms with van der Waals surface area (Å²) in [4.78, 5) is 16.8. The summed E-state index contributed by atoms with van der Waals surface area (Å²) in [6, 6.07) is 11.2. The van der Waals surface area contributed by atoms with Gasteiger partial charge in [-0.15, -0.1) is 0 Å². The summed E-state index contributed by atoms with van der Waals surface area (Å²) in [5.41, 5.74) is 1.40. The Balaban J connectivity index is 1.80. The van der Waals surface area contributed by atoms with Crippen molar-refractivity contribution in [1.82, 2.24) is 9.80 Å². The zero-order chi connectivity index (χ0) is 18.2. The topological polar surface area (TPSA) is 32.8 Å². The predicted octanol–water partition coefficient (Wildman–Crippen LogP) is 3.48. The smallest absolute Gasteiger partial charge is 0.249 e. The van der Waals surface area contributed by atoms with Crippen LogP contribution in [0.4, 0.5) is 0 Å². The van der Waals surface area contributed by atoms with Crippen LogP contribution in [0, 0.1) is 0 Å². The van der Waals surface area contributed by atoms with Crippen molar-refractivity contribution in [2.45, 2.75) is 58.7 Å². The van der Waals surface area contributed by atoms with Gasteiger partial charge >= 0.3 is 0 Å². The number of ether oxygens (including phenoxy) is 1. The molecule has 1 aromatic rings. The summed E-state index contributed by atoms with van der Waals surface area (Å²) >= 11 is 0. The Morgan fingerprint density at radius 3 is 2.60 bits per heavy atom. The van der Waals surface area contributed by atoms with Gasteiger partial charge in [0, 0.05) is 31.2 Å². The molecule has 0 aromatic heterocycles. The molecular weight excluding hydrogens is 312 g/mol. The number of aryl methyl sites for hydroxylation is 1. The van der Waals surface area contributed by atoms with Crippen LogP contribution in [0.5, 0.6) is 0 Å². The second-order valence-corrected chi connectivity index (χ2v) is 7.26. The number of benzene rings is 1. The molecule has 25 heavy (non-hydrogen) atoms. The largest absolute Gasteiger partial charge is 0.498 e. The van der Waals surface area contributed by atoms with Gasteiger partial charge in [-0.25, -0.2) is 0 Å². The molecule has 1 aliphatic heterocycles. The average Bonchev–Trinajstić information content (AvgIpc) is 2.58. The Bertz CT molecular complexity index is 556. The summed E-state index contributed by atoms with van der Waals surface area (Å²) < 4.78 is 5.34. The highest BCUT2D eigenvalue weighted by molar-refractivity contribution is 5.87. The number of carbonyl (C=O) groups is 1. The molecular formula is C21H32N2O2. The standard InChI is InChI=1S/C21H32N2O2/c1-17(2)25-14-12-21(24)23-16-18(3)22(15-19(23)4)13-8-11-20-9-6-5-7-10-20/h5-7,9-10,12,14,17-19H,8,11,13,15-16H2,1-4H3/t18-,19+/m1/s1. The van der Waals surface area contributed by atoms with Crippen LogP contribution < -0.4 is 0 Å². The molecule has 1 aromatic carbocycles. The molecule has 0 spiro atoms. The highest BCUT2D eigenvalue weighted by Crippen LogP contribution is 2.17. The Labute approximate surface area is 152 Å². The summed E-state index contributed by atoms with van der Waals surface area (Å²) in [6.45, 7) is 11.0. The van der Waals surface area contributed by atoms with Gasteiger partial charge in [-0.3, -0.25) is 9.69 Å². The number of amides is 1. The highest BCUT2D eigenvalue weighted by Gasteiger charge is 2.30. The fraction of sp³-hybridized carbons (Fsp3) is 0.571. The molecule has 1 saturated heterocycles. The molecule has 4 heteroatoms. The van der Waals surface area contributed by atoms with Gasteiger partial charge in [-0.05, 0) is 52.6 Å². The Hall–Kier alpha value is -1.81. The van der Waals surface area contributed by atoms with Crippen LogP contribution in [0.2, 0.25) is 0 Å². The van der Waals surface area contributed by atoms with Crippen LogP contribution in [-0.2, 0) is 16.0 Å². The van der Waals surface area contributed by atoms with Crippen molar-refractivity contribution in [1.29, 1.82) is 0 Å². The fourth-order valence-electron chi connectivity index (χ4n) is 3.30. The molecule has 1 aliphatic rings. The van der Waals surface area contributed by atoms with Crippen molar-refractivity contribution in [3.05, 3.63) is 48.2 Å². The van der Waals surface area contributed by atoms with Gasteiger partial charge in [0.15, 0.2) is 0 Å². The van der Waals surface area contributed by atoms with Gasteiger partial charge in [-0.1, -0.05) is 30.3 Å². The molecule has 2 rings (SSSR count). The van der Waals surface area contributed by atoms with Gasteiger partial charge in [0.1, 0.15) is 0 Å². The summed E-state index contributed by atoms with van der Waals surface area (Å²) in [5.74, 6) is 0.0453. The van der Waals surface area contributed by atoms with Crippen molar-refractivity contribution in [2.24, 2.45) is 0 Å². The number of rotatable bonds is 7. The zero-order valence-corrected chi connectivity index (χ0v) is 16.0. The Morgan fingerprint density at radius 1 is 1.20 bits per heavy atom. The zero-order valence-electron chi connectivity index (χ0n) is 16.0. The minimum Gasteiger partial charge on any atom is -0.498 e. The number of carbonyl (C=O) groups excluding carboxylic acids is 1. The van der Waals surface area contributed by atoms with E-state index in [-0.39, 0.29) is 18.1 Å². The summed E-state index contributed by atoms with van der Waals surface area (Å²) in [7, 11) is 0. The highest BCUT2D eigenvalue weighted by atomic mass is 16.5. The van der Waals surface area contributed by atoms with Crippen LogP contribution in [0.3, 0.4) is 0 Å². The summed E-state index contributed by atoms with van der Waals surface area (Å²) in [5, 5.41) is 0. The first kappa shape index (κ1) is 19.5. The fourth-order valence-corrected chi connectivity index (χ4v) is 3.30. The molecule has 1 fully saturated rings. The number of piperazine rings is 1. The van der Waals surface area contributed by atoms with Crippen LogP contribution in [0.25, 0.3) is 0 Å². The van der Waals surface area contributed by atoms with Crippen LogP contribution in [-0.4, -0.2) is 53.5 Å². The van der Waals surface area contributed by atoms with E-state index < -0.39 is 0 Å². The van der Waals surface area contributed by atoms with Crippen molar-refractivity contribution >= 4 is 5.91 Å². The maximum atomic E-state index is 12.4. The lowest BCUT2D eigenvalue weighted by molar-refractivity contribution is -0.132. The van der Waals surface area contributed by atoms with Crippen LogP contribution >= 0.6 is 0 Å². The van der Waals surface area contributed by atoms with Gasteiger partial charge in [-0.2, -0.15) is 0 Å². The molecule has 0 radical (unpaired) electrons. The van der Waals surface area contributed by atoms with E-state index in [4.69, 9.17) is 4.74 Å². The molecule has 0 aliphatic carbocycles. The first-order valence-corrected chi connectivity index (χ1v) is 9.38. The van der Waals surface area contributed by atoms with E-state index in [2.05, 4.69) is 49.1 Å². The van der Waals surface area contributed by atoms with Crippen molar-refractivity contribution in [2.75, 3.05) is 19.6 Å². The van der Waals surface area contributed by atoms with Gasteiger partial charge in [0.05, 0.1) is 12.4 Å². The van der Waals surface area contributed by atoms with Gasteiger partial charge in [0.25, 0.3) is 0 Å². The normalized spacial score (nSPS) is 21.9. The van der Waals surface area contributed by atoms with E-state index in [1.807, 2.05) is 18.7 Å². The number of nitrogens with zero attached hydrogens (tertiary/aromatic N) is 2. The van der Waals surface area contributed by atoms with Gasteiger partial charge < -0.3 is 9.64 Å². The molecule has 1 heterocycles. The van der Waals surface area contributed by atoms with Crippen LogP contribution in [0.15, 0.2) is 42.7 Å². The Kier molecular flexibility index (Phi) is 7.51. The first-order valence-electron chi connectivity index (χ1n) is 9.38. The van der Waals surface area contributed by atoms with Crippen molar-refractivity contribution in [3.8, 4) is 0 Å². The van der Waals surface area contributed by atoms with Crippen molar-refractivity contribution in [3.63, 3.8) is 0 Å². The van der Waals surface area contributed by atoms with Crippen molar-refractivity contribution < 1.29 is 9.53 Å². The van der Waals surface area contributed by atoms with E-state index in [1.165, 1.54) is 11.8 Å². The van der Waals surface area contributed by atoms with E-state index in [1.54, 1.807) is 6.08 Å². The maximum absolute atomic E-state index is 12.4. The lowest BCUT2D eigenvalue weighted by Crippen LogP contribution is -2.57. The average molecular weight is 344 g/mol. The molecule has 138 valence electrons. The second kappa shape index (κ2) is 9.62. The lowest BCUT2D eigenvalue weighted by Gasteiger charge is -2.43. The molecule has 0 unspecified atom stereocenters. The third kappa shape index (κ3) is 6.20. The molecule has 0 saturated carbocycles. The number of hydrogen-bond donors (Lipinski definition) is 0. The molecule has 4 nitrogen and oxygen atoms in total. The summed E-state index contributed by atoms with van der Waals surface area (Å²) in [6.07, 6.45) is 5.43. The minimum atomic E-state index is 0.0453. The SMILES string of the molecule is CC(C)OC=CC(=O)N1C[C@@H](C)N(CCCc2ccccc2)C[C@@H]1C. The third-order valence-corrected chi connectivity index (χ3v) is 4.71. The molecule has 2 atom stereocenters. The molecule has 0 N–H and O–H groups in total. The number of hydrogen-bond acceptors (Lipinski definition) is 3. The molecule has 1 amide bonds. The van der Waals surface area contributed by atoms with Crippen LogP contribution in [0.1, 0.15) is 39.7 Å². The van der Waals surface area contributed by atoms with E-state index in [0.29, 0.717) is 6.04 Å². The first-order chi connectivity index (χ1) is 12.0. The van der Waals surface area contributed by atoms with Gasteiger partial charge in [0.2, 0.25) is 5.91 Å². The third-order valence-electron chi connectivity index (χ3n) is 4.71. The minimum absolute atomic E-state index is 0.0453. The monoisotopic (exact) mass is 344 g/mol.